The first-order valence-electron chi connectivity index (χ1n) is 18.2. The molecule has 1 aliphatic carbocycles. The molecule has 1 nitrogen and oxygen atoms in total. The molecule has 1 heteroatoms. The Bertz CT molecular complexity index is 3030. The second-order valence-corrected chi connectivity index (χ2v) is 14.8. The van der Waals surface area contributed by atoms with Crippen molar-refractivity contribution >= 4 is 54.3 Å². The second kappa shape index (κ2) is 10.8. The summed E-state index contributed by atoms with van der Waals surface area (Å²) in [5.74, 6) is 0. The van der Waals surface area contributed by atoms with Crippen LogP contribution in [-0.2, 0) is 5.41 Å². The molecule has 9 aromatic carbocycles. The first-order valence-corrected chi connectivity index (χ1v) is 18.2. The van der Waals surface area contributed by atoms with Crippen molar-refractivity contribution in [3.8, 4) is 44.5 Å². The Hall–Kier alpha value is -6.44. The van der Waals surface area contributed by atoms with Crippen LogP contribution in [0.1, 0.15) is 25.0 Å². The van der Waals surface area contributed by atoms with Crippen LogP contribution in [0.25, 0.3) is 98.8 Å². The highest BCUT2D eigenvalue weighted by Gasteiger charge is 2.37. The van der Waals surface area contributed by atoms with E-state index >= 15 is 0 Å². The van der Waals surface area contributed by atoms with Crippen molar-refractivity contribution in [2.24, 2.45) is 0 Å². The fourth-order valence-corrected chi connectivity index (χ4v) is 9.25. The third-order valence-corrected chi connectivity index (χ3v) is 11.6. The van der Waals surface area contributed by atoms with Gasteiger partial charge in [0.25, 0.3) is 0 Å². The topological polar surface area (TPSA) is 13.1 Å². The molecule has 0 fully saturated rings. The van der Waals surface area contributed by atoms with Crippen molar-refractivity contribution < 1.29 is 4.42 Å². The highest BCUT2D eigenvalue weighted by atomic mass is 16.3. The number of rotatable bonds is 3. The van der Waals surface area contributed by atoms with E-state index in [9.17, 15) is 0 Å². The zero-order chi connectivity index (χ0) is 34.6. The van der Waals surface area contributed by atoms with Crippen molar-refractivity contribution in [1.82, 2.24) is 0 Å². The molecule has 0 N–H and O–H groups in total. The summed E-state index contributed by atoms with van der Waals surface area (Å²) >= 11 is 0. The minimum Gasteiger partial charge on any atom is -0.456 e. The lowest BCUT2D eigenvalue weighted by atomic mass is 9.78. The first-order chi connectivity index (χ1) is 25.5. The Kier molecular flexibility index (Phi) is 6.08. The molecule has 0 bridgehead atoms. The van der Waals surface area contributed by atoms with Crippen LogP contribution in [0.5, 0.6) is 0 Å². The van der Waals surface area contributed by atoms with Gasteiger partial charge in [-0.25, -0.2) is 0 Å². The van der Waals surface area contributed by atoms with Gasteiger partial charge in [-0.05, 0) is 118 Å². The summed E-state index contributed by atoms with van der Waals surface area (Å²) in [7, 11) is 0. The van der Waals surface area contributed by atoms with Crippen molar-refractivity contribution in [2.45, 2.75) is 19.3 Å². The van der Waals surface area contributed by atoms with E-state index in [2.05, 4.69) is 172 Å². The molecule has 1 aliphatic rings. The minimum absolute atomic E-state index is 0.113. The average Bonchev–Trinajstić information content (AvgIpc) is 3.67. The molecule has 52 heavy (non-hydrogen) atoms. The first kappa shape index (κ1) is 29.3. The lowest BCUT2D eigenvalue weighted by Gasteiger charge is -2.25. The van der Waals surface area contributed by atoms with Gasteiger partial charge in [0.15, 0.2) is 0 Å². The highest BCUT2D eigenvalue weighted by molar-refractivity contribution is 6.22. The zero-order valence-corrected chi connectivity index (χ0v) is 29.1. The Balaban J connectivity index is 1.08. The van der Waals surface area contributed by atoms with Crippen LogP contribution in [-0.4, -0.2) is 0 Å². The molecular formula is C51H34O. The van der Waals surface area contributed by atoms with Crippen LogP contribution in [0.4, 0.5) is 0 Å². The van der Waals surface area contributed by atoms with Crippen molar-refractivity contribution in [3.63, 3.8) is 0 Å². The number of hydrogen-bond donors (Lipinski definition) is 0. The number of benzene rings is 9. The van der Waals surface area contributed by atoms with E-state index in [1.165, 1.54) is 88.0 Å². The van der Waals surface area contributed by atoms with Gasteiger partial charge in [0.1, 0.15) is 11.2 Å². The maximum atomic E-state index is 6.21. The Morgan fingerprint density at radius 1 is 0.365 bits per heavy atom. The number of para-hydroxylation sites is 1. The SMILES string of the molecule is CC1(C)c2cc3ccccc3cc2-c2cccc(-c3ccc(-c4c5ccccc5c(-c5ccc6oc7ccccc7c6c5)c5ccccc45)cc3)c21. The molecule has 10 aromatic rings. The van der Waals surface area contributed by atoms with Gasteiger partial charge in [-0.1, -0.05) is 153 Å². The normalized spacial score (nSPS) is 13.3. The van der Waals surface area contributed by atoms with Crippen LogP contribution in [0.2, 0.25) is 0 Å². The molecule has 1 heterocycles. The summed E-state index contributed by atoms with van der Waals surface area (Å²) in [6.07, 6.45) is 0. The standard InChI is InChI=1S/C51H34O/c1-51(2)45-30-34-13-4-3-12-33(34)28-43(45)42-20-11-19-36(50(42)51)31-22-24-32(25-23-31)48-38-15-5-7-17-40(38)49(41-18-8-6-16-39(41)48)35-26-27-47-44(29-35)37-14-9-10-21-46(37)52-47/h3-30H,1-2H3. The van der Waals surface area contributed by atoms with Gasteiger partial charge < -0.3 is 4.42 Å². The van der Waals surface area contributed by atoms with E-state index in [1.807, 2.05) is 12.1 Å². The molecule has 0 atom stereocenters. The number of furan rings is 1. The Morgan fingerprint density at radius 2 is 0.885 bits per heavy atom. The van der Waals surface area contributed by atoms with Gasteiger partial charge in [-0.2, -0.15) is 0 Å². The predicted molar refractivity (Wildman–Crippen MR) is 220 cm³/mol. The lowest BCUT2D eigenvalue weighted by molar-refractivity contribution is 0.663. The van der Waals surface area contributed by atoms with E-state index in [0.29, 0.717) is 0 Å². The fraction of sp³-hybridized carbons (Fsp3) is 0.0588. The minimum atomic E-state index is -0.113. The van der Waals surface area contributed by atoms with Crippen LogP contribution < -0.4 is 0 Å². The molecule has 0 aliphatic heterocycles. The van der Waals surface area contributed by atoms with E-state index in [4.69, 9.17) is 4.42 Å². The highest BCUT2D eigenvalue weighted by Crippen LogP contribution is 2.53. The van der Waals surface area contributed by atoms with E-state index < -0.39 is 0 Å². The van der Waals surface area contributed by atoms with E-state index in [1.54, 1.807) is 0 Å². The summed E-state index contributed by atoms with van der Waals surface area (Å²) < 4.78 is 6.21. The monoisotopic (exact) mass is 662 g/mol. The Morgan fingerprint density at radius 3 is 1.58 bits per heavy atom. The second-order valence-electron chi connectivity index (χ2n) is 14.8. The molecule has 244 valence electrons. The summed E-state index contributed by atoms with van der Waals surface area (Å²) in [5, 5.41) is 9.90. The van der Waals surface area contributed by atoms with Gasteiger partial charge in [0.2, 0.25) is 0 Å². The maximum absolute atomic E-state index is 6.21. The van der Waals surface area contributed by atoms with Gasteiger partial charge >= 0.3 is 0 Å². The molecule has 1 aromatic heterocycles. The molecular weight excluding hydrogens is 629 g/mol. The molecule has 0 saturated heterocycles. The average molecular weight is 663 g/mol. The molecule has 11 rings (SSSR count). The summed E-state index contributed by atoms with van der Waals surface area (Å²) in [6.45, 7) is 4.77. The fourth-order valence-electron chi connectivity index (χ4n) is 9.25. The van der Waals surface area contributed by atoms with Crippen LogP contribution >= 0.6 is 0 Å². The molecule has 0 spiro atoms. The maximum Gasteiger partial charge on any atom is 0.135 e. The van der Waals surface area contributed by atoms with Crippen molar-refractivity contribution in [3.05, 3.63) is 181 Å². The quantitative estimate of drug-likeness (QED) is 0.172. The molecule has 0 radical (unpaired) electrons. The third kappa shape index (κ3) is 4.11. The van der Waals surface area contributed by atoms with Crippen LogP contribution in [0, 0.1) is 0 Å². The van der Waals surface area contributed by atoms with E-state index in [0.717, 1.165) is 21.9 Å². The molecule has 0 unspecified atom stereocenters. The molecule has 0 amide bonds. The summed E-state index contributed by atoms with van der Waals surface area (Å²) in [4.78, 5) is 0. The van der Waals surface area contributed by atoms with Crippen LogP contribution in [0.15, 0.2) is 174 Å². The summed E-state index contributed by atoms with van der Waals surface area (Å²) in [5.41, 5.74) is 14.8. The van der Waals surface area contributed by atoms with Gasteiger partial charge in [0, 0.05) is 16.2 Å². The summed E-state index contributed by atoms with van der Waals surface area (Å²) in [6, 6.07) is 62.5. The molecule has 0 saturated carbocycles. The number of fused-ring (bicyclic) bond motifs is 9. The van der Waals surface area contributed by atoms with Gasteiger partial charge in [-0.3, -0.25) is 0 Å². The lowest BCUT2D eigenvalue weighted by Crippen LogP contribution is -2.16. The smallest absolute Gasteiger partial charge is 0.135 e. The van der Waals surface area contributed by atoms with Crippen molar-refractivity contribution in [1.29, 1.82) is 0 Å². The van der Waals surface area contributed by atoms with Crippen molar-refractivity contribution in [2.75, 3.05) is 0 Å². The van der Waals surface area contributed by atoms with Gasteiger partial charge in [0.05, 0.1) is 0 Å². The largest absolute Gasteiger partial charge is 0.456 e. The number of hydrogen-bond acceptors (Lipinski definition) is 1. The van der Waals surface area contributed by atoms with Gasteiger partial charge in [-0.15, -0.1) is 0 Å². The predicted octanol–water partition coefficient (Wildman–Crippen LogP) is 14.4. The van der Waals surface area contributed by atoms with E-state index in [-0.39, 0.29) is 5.41 Å². The van der Waals surface area contributed by atoms with Crippen LogP contribution in [0.3, 0.4) is 0 Å². The third-order valence-electron chi connectivity index (χ3n) is 11.6. The zero-order valence-electron chi connectivity index (χ0n) is 29.1. The Labute approximate surface area is 302 Å².